The van der Waals surface area contributed by atoms with Gasteiger partial charge in [-0.3, -0.25) is 9.36 Å². The van der Waals surface area contributed by atoms with Gasteiger partial charge in [-0.2, -0.15) is 0 Å². The van der Waals surface area contributed by atoms with Crippen molar-refractivity contribution in [1.82, 2.24) is 14.3 Å². The van der Waals surface area contributed by atoms with Crippen molar-refractivity contribution >= 4 is 28.9 Å². The third-order valence-electron chi connectivity index (χ3n) is 2.85. The zero-order valence-electron chi connectivity index (χ0n) is 12.7. The van der Waals surface area contributed by atoms with Gasteiger partial charge in [0.05, 0.1) is 15.8 Å². The molecule has 120 valence electrons. The van der Waals surface area contributed by atoms with Crippen molar-refractivity contribution in [3.63, 3.8) is 0 Å². The molecule has 0 atom stereocenters. The van der Waals surface area contributed by atoms with Gasteiger partial charge in [-0.15, -0.1) is 16.4 Å². The first-order valence-electron chi connectivity index (χ1n) is 7.01. The van der Waals surface area contributed by atoms with E-state index in [0.717, 1.165) is 9.56 Å². The average Bonchev–Trinajstić information content (AvgIpc) is 2.97. The van der Waals surface area contributed by atoms with E-state index in [1.54, 1.807) is 17.6 Å². The molecule has 0 amide bonds. The Balaban J connectivity index is 2.43. The predicted molar refractivity (Wildman–Crippen MR) is 86.3 cm³/mol. The molecule has 0 saturated heterocycles. The van der Waals surface area contributed by atoms with E-state index in [9.17, 15) is 9.59 Å². The quantitative estimate of drug-likeness (QED) is 0.756. The van der Waals surface area contributed by atoms with Crippen LogP contribution in [0, 0.1) is 5.92 Å². The highest BCUT2D eigenvalue weighted by Gasteiger charge is 2.19. The van der Waals surface area contributed by atoms with Gasteiger partial charge in [0.1, 0.15) is 6.54 Å². The molecule has 2 rings (SSSR count). The number of hydrogen-bond donors (Lipinski definition) is 0. The Hall–Kier alpha value is -1.60. The Morgan fingerprint density at radius 1 is 1.45 bits per heavy atom. The maximum absolute atomic E-state index is 12.5. The van der Waals surface area contributed by atoms with Crippen molar-refractivity contribution < 1.29 is 9.53 Å². The molecule has 2 heterocycles. The molecule has 0 unspecified atom stereocenters. The van der Waals surface area contributed by atoms with Gasteiger partial charge in [0.25, 0.3) is 0 Å². The van der Waals surface area contributed by atoms with Gasteiger partial charge < -0.3 is 4.74 Å². The molecule has 0 bridgehead atoms. The van der Waals surface area contributed by atoms with Gasteiger partial charge >= 0.3 is 11.7 Å². The van der Waals surface area contributed by atoms with Crippen LogP contribution < -0.4 is 5.69 Å². The molecule has 2 aromatic heterocycles. The van der Waals surface area contributed by atoms with Crippen LogP contribution in [-0.4, -0.2) is 26.9 Å². The number of carbonyl (C=O) groups excluding carboxylic acids is 1. The minimum Gasteiger partial charge on any atom is -0.465 e. The molecular weight excluding hydrogens is 326 g/mol. The summed E-state index contributed by atoms with van der Waals surface area (Å²) in [5.74, 6) is 0.321. The van der Waals surface area contributed by atoms with E-state index in [2.05, 4.69) is 5.10 Å². The average molecular weight is 344 g/mol. The first-order valence-corrected chi connectivity index (χ1v) is 8.20. The second-order valence-corrected chi connectivity index (χ2v) is 6.89. The summed E-state index contributed by atoms with van der Waals surface area (Å²) >= 11 is 7.31. The summed E-state index contributed by atoms with van der Waals surface area (Å²) in [4.78, 5) is 24.9. The molecule has 8 heteroatoms. The number of thiophene rings is 1. The molecule has 0 radical (unpaired) electrons. The van der Waals surface area contributed by atoms with E-state index < -0.39 is 5.97 Å². The molecule has 0 aromatic carbocycles. The molecule has 0 N–H and O–H groups in total. The SMILES string of the molecule is CCOC(=O)Cn1nc(-c2ccc(Cl)s2)n(CC(C)C)c1=O. The molecule has 22 heavy (non-hydrogen) atoms. The second kappa shape index (κ2) is 7.11. The van der Waals surface area contributed by atoms with Crippen molar-refractivity contribution in [2.24, 2.45) is 5.92 Å². The van der Waals surface area contributed by atoms with Crippen LogP contribution in [0.15, 0.2) is 16.9 Å². The van der Waals surface area contributed by atoms with Gasteiger partial charge in [-0.05, 0) is 25.0 Å². The lowest BCUT2D eigenvalue weighted by atomic mass is 10.2. The number of halogens is 1. The van der Waals surface area contributed by atoms with Gasteiger partial charge in [-0.1, -0.05) is 25.4 Å². The molecular formula is C14H18ClN3O3S. The fourth-order valence-electron chi connectivity index (χ4n) is 2.02. The minimum atomic E-state index is -0.477. The number of carbonyl (C=O) groups is 1. The molecule has 0 saturated carbocycles. The van der Waals surface area contributed by atoms with Crippen LogP contribution in [0.1, 0.15) is 20.8 Å². The summed E-state index contributed by atoms with van der Waals surface area (Å²) in [6.07, 6.45) is 0. The largest absolute Gasteiger partial charge is 0.465 e. The van der Waals surface area contributed by atoms with Gasteiger partial charge in [0.15, 0.2) is 5.82 Å². The summed E-state index contributed by atoms with van der Waals surface area (Å²) in [6, 6.07) is 3.58. The Kier molecular flexibility index (Phi) is 5.42. The molecule has 6 nitrogen and oxygen atoms in total. The Morgan fingerprint density at radius 3 is 2.73 bits per heavy atom. The minimum absolute atomic E-state index is 0.191. The number of rotatable bonds is 6. The maximum Gasteiger partial charge on any atom is 0.346 e. The molecule has 0 aliphatic heterocycles. The van der Waals surface area contributed by atoms with E-state index in [-0.39, 0.29) is 24.8 Å². The van der Waals surface area contributed by atoms with Crippen molar-refractivity contribution in [1.29, 1.82) is 0 Å². The highest BCUT2D eigenvalue weighted by atomic mass is 35.5. The number of nitrogens with zero attached hydrogens (tertiary/aromatic N) is 3. The zero-order valence-corrected chi connectivity index (χ0v) is 14.3. The van der Waals surface area contributed by atoms with Crippen LogP contribution in [0.4, 0.5) is 0 Å². The van der Waals surface area contributed by atoms with Crippen LogP contribution in [0.25, 0.3) is 10.7 Å². The molecule has 0 spiro atoms. The molecule has 0 aliphatic rings. The van der Waals surface area contributed by atoms with Crippen LogP contribution in [0.2, 0.25) is 4.34 Å². The fourth-order valence-corrected chi connectivity index (χ4v) is 3.06. The number of hydrogen-bond acceptors (Lipinski definition) is 5. The lowest BCUT2D eigenvalue weighted by molar-refractivity contribution is -0.144. The standard InChI is InChI=1S/C14H18ClN3O3S/c1-4-21-12(19)8-18-14(20)17(7-9(2)3)13(16-18)10-5-6-11(15)22-10/h5-6,9H,4,7-8H2,1-3H3. The normalized spacial score (nSPS) is 11.1. The summed E-state index contributed by atoms with van der Waals surface area (Å²) in [7, 11) is 0. The van der Waals surface area contributed by atoms with E-state index in [0.29, 0.717) is 16.7 Å². The first-order chi connectivity index (χ1) is 10.4. The van der Waals surface area contributed by atoms with Crippen LogP contribution in [0.5, 0.6) is 0 Å². The number of ether oxygens (including phenoxy) is 1. The lowest BCUT2D eigenvalue weighted by Crippen LogP contribution is -2.29. The molecule has 0 fully saturated rings. The summed E-state index contributed by atoms with van der Waals surface area (Å²) in [5, 5.41) is 4.29. The number of aromatic nitrogens is 3. The van der Waals surface area contributed by atoms with E-state index in [4.69, 9.17) is 16.3 Å². The summed E-state index contributed by atoms with van der Waals surface area (Å²) in [6.45, 7) is 6.35. The van der Waals surface area contributed by atoms with Crippen LogP contribution >= 0.6 is 22.9 Å². The van der Waals surface area contributed by atoms with Gasteiger partial charge in [-0.25, -0.2) is 9.48 Å². The zero-order chi connectivity index (χ0) is 16.3. The third kappa shape index (κ3) is 3.78. The highest BCUT2D eigenvalue weighted by Crippen LogP contribution is 2.29. The van der Waals surface area contributed by atoms with Crippen LogP contribution in [0.3, 0.4) is 0 Å². The summed E-state index contributed by atoms with van der Waals surface area (Å²) in [5.41, 5.74) is -0.318. The van der Waals surface area contributed by atoms with E-state index in [1.165, 1.54) is 11.3 Å². The van der Waals surface area contributed by atoms with Crippen molar-refractivity contribution in [2.45, 2.75) is 33.9 Å². The van der Waals surface area contributed by atoms with Gasteiger partial charge in [0, 0.05) is 6.54 Å². The summed E-state index contributed by atoms with van der Waals surface area (Å²) < 4.78 is 8.22. The van der Waals surface area contributed by atoms with Crippen molar-refractivity contribution in [3.05, 3.63) is 27.0 Å². The Morgan fingerprint density at radius 2 is 2.18 bits per heavy atom. The fraction of sp³-hybridized carbons (Fsp3) is 0.500. The van der Waals surface area contributed by atoms with Crippen LogP contribution in [-0.2, 0) is 22.6 Å². The second-order valence-electron chi connectivity index (χ2n) is 5.18. The Bertz CT molecular complexity index is 717. The topological polar surface area (TPSA) is 66.1 Å². The monoisotopic (exact) mass is 343 g/mol. The Labute approximate surface area is 137 Å². The molecule has 0 aliphatic carbocycles. The number of esters is 1. The molecule has 2 aromatic rings. The highest BCUT2D eigenvalue weighted by molar-refractivity contribution is 7.19. The third-order valence-corrected chi connectivity index (χ3v) is 4.08. The smallest absolute Gasteiger partial charge is 0.346 e. The maximum atomic E-state index is 12.5. The van der Waals surface area contributed by atoms with Crippen molar-refractivity contribution in [2.75, 3.05) is 6.61 Å². The van der Waals surface area contributed by atoms with E-state index in [1.807, 2.05) is 19.9 Å². The van der Waals surface area contributed by atoms with Crippen molar-refractivity contribution in [3.8, 4) is 10.7 Å². The lowest BCUT2D eigenvalue weighted by Gasteiger charge is -2.06. The van der Waals surface area contributed by atoms with Gasteiger partial charge in [0.2, 0.25) is 0 Å². The first kappa shape index (κ1) is 16.8. The predicted octanol–water partition coefficient (Wildman–Crippen LogP) is 2.65. The van der Waals surface area contributed by atoms with E-state index >= 15 is 0 Å².